The molecule has 1 aliphatic heterocycles. The summed E-state index contributed by atoms with van der Waals surface area (Å²) in [5, 5.41) is 4.68. The van der Waals surface area contributed by atoms with Crippen LogP contribution in [0.3, 0.4) is 0 Å². The van der Waals surface area contributed by atoms with Crippen molar-refractivity contribution >= 4 is 50.5 Å². The minimum Gasteiger partial charge on any atom is -0.495 e. The topological polar surface area (TPSA) is 42.3 Å². The van der Waals surface area contributed by atoms with Gasteiger partial charge in [0, 0.05) is 33.4 Å². The molecule has 5 rings (SSSR count). The van der Waals surface area contributed by atoms with Crippen LogP contribution in [0.25, 0.3) is 5.69 Å². The van der Waals surface area contributed by atoms with E-state index in [9.17, 15) is 0 Å². The van der Waals surface area contributed by atoms with Crippen molar-refractivity contribution in [2.24, 2.45) is 0 Å². The lowest BCUT2D eigenvalue weighted by molar-refractivity contribution is 0.415. The molecule has 5 nitrogen and oxygen atoms in total. The second-order valence-electron chi connectivity index (χ2n) is 8.46. The van der Waals surface area contributed by atoms with Gasteiger partial charge in [-0.05, 0) is 86.2 Å². The maximum Gasteiger partial charge on any atom is 0.174 e. The summed E-state index contributed by atoms with van der Waals surface area (Å²) in [6.07, 6.45) is 1.81. The van der Waals surface area contributed by atoms with Crippen molar-refractivity contribution in [1.82, 2.24) is 14.9 Å². The average molecular weight is 568 g/mol. The Bertz CT molecular complexity index is 1410. The summed E-state index contributed by atoms with van der Waals surface area (Å²) in [5.41, 5.74) is 6.36. The minimum atomic E-state index is -0.138. The van der Waals surface area contributed by atoms with Gasteiger partial charge in [-0.1, -0.05) is 39.7 Å². The highest BCUT2D eigenvalue weighted by Gasteiger charge is 2.42. The number of rotatable bonds is 5. The quantitative estimate of drug-likeness (QED) is 0.261. The number of nitrogens with zero attached hydrogens (tertiary/aromatic N) is 3. The first-order valence-corrected chi connectivity index (χ1v) is 12.8. The number of ether oxygens (including phenoxy) is 1. The number of pyridine rings is 1. The van der Waals surface area contributed by atoms with Crippen LogP contribution in [0.1, 0.15) is 34.7 Å². The van der Waals surface area contributed by atoms with Crippen LogP contribution in [0.5, 0.6) is 5.75 Å². The highest BCUT2D eigenvalue weighted by molar-refractivity contribution is 9.10. The molecule has 35 heavy (non-hydrogen) atoms. The molecule has 4 aromatic rings. The fraction of sp³-hybridized carbons (Fsp3) is 0.185. The van der Waals surface area contributed by atoms with Crippen LogP contribution in [0.15, 0.2) is 77.4 Å². The fourth-order valence-corrected chi connectivity index (χ4v) is 5.84. The van der Waals surface area contributed by atoms with Crippen LogP contribution in [-0.2, 0) is 0 Å². The fourth-order valence-electron chi connectivity index (χ4n) is 4.85. The highest BCUT2D eigenvalue weighted by Crippen LogP contribution is 2.45. The number of benzene rings is 2. The zero-order valence-corrected chi connectivity index (χ0v) is 22.7. The molecule has 8 heteroatoms. The molecule has 0 radical (unpaired) electrons. The second-order valence-corrected chi connectivity index (χ2v) is 10.2. The van der Waals surface area contributed by atoms with Gasteiger partial charge in [0.15, 0.2) is 5.11 Å². The number of hydrogen-bond acceptors (Lipinski definition) is 3. The van der Waals surface area contributed by atoms with E-state index in [2.05, 4.69) is 67.7 Å². The molecule has 2 unspecified atom stereocenters. The smallest absolute Gasteiger partial charge is 0.174 e. The Morgan fingerprint density at radius 3 is 2.54 bits per heavy atom. The normalized spacial score (nSPS) is 17.5. The number of aromatic nitrogens is 2. The van der Waals surface area contributed by atoms with Crippen molar-refractivity contribution in [3.63, 3.8) is 0 Å². The Kier molecular flexibility index (Phi) is 6.57. The molecule has 0 bridgehead atoms. The number of thiocarbonyl (C=S) groups is 1. The summed E-state index contributed by atoms with van der Waals surface area (Å²) < 4.78 is 8.68. The van der Waals surface area contributed by atoms with E-state index < -0.39 is 0 Å². The Balaban J connectivity index is 1.68. The lowest BCUT2D eigenvalue weighted by Gasteiger charge is -2.28. The molecule has 1 aliphatic rings. The molecule has 2 aromatic carbocycles. The Hall–Kier alpha value is -2.87. The summed E-state index contributed by atoms with van der Waals surface area (Å²) in [6, 6.07) is 22.0. The number of methoxy groups -OCH3 is 1. The number of aryl methyl sites for hydroxylation is 1. The molecule has 0 amide bonds. The van der Waals surface area contributed by atoms with E-state index in [0.717, 1.165) is 38.5 Å². The van der Waals surface area contributed by atoms with Gasteiger partial charge in [0.05, 0.1) is 29.9 Å². The van der Waals surface area contributed by atoms with Gasteiger partial charge in [-0.2, -0.15) is 0 Å². The Morgan fingerprint density at radius 2 is 1.86 bits per heavy atom. The van der Waals surface area contributed by atoms with Crippen molar-refractivity contribution in [3.05, 3.63) is 105 Å². The van der Waals surface area contributed by atoms with Gasteiger partial charge in [0.1, 0.15) is 5.75 Å². The Labute approximate surface area is 223 Å². The van der Waals surface area contributed by atoms with E-state index in [4.69, 9.17) is 28.6 Å². The number of halogens is 2. The standard InChI is InChI=1S/C27H24BrClN4OS/c1-16-13-21(17(2)32(16)19-8-6-7-18(28)14-19)26-25(23-9-4-5-12-30-23)31-27(35)33(26)20-10-11-24(34-3)22(29)15-20/h4-15,25-26H,1-3H3,(H,31,35). The zero-order valence-electron chi connectivity index (χ0n) is 19.5. The molecule has 0 saturated carbocycles. The highest BCUT2D eigenvalue weighted by atomic mass is 79.9. The summed E-state index contributed by atoms with van der Waals surface area (Å²) >= 11 is 16.0. The van der Waals surface area contributed by atoms with E-state index in [-0.39, 0.29) is 12.1 Å². The summed E-state index contributed by atoms with van der Waals surface area (Å²) in [7, 11) is 1.61. The van der Waals surface area contributed by atoms with Crippen molar-refractivity contribution in [2.75, 3.05) is 12.0 Å². The number of nitrogens with one attached hydrogen (secondary N) is 1. The van der Waals surface area contributed by atoms with Crippen molar-refractivity contribution in [2.45, 2.75) is 25.9 Å². The van der Waals surface area contributed by atoms with Gasteiger partial charge in [-0.3, -0.25) is 4.98 Å². The number of hydrogen-bond donors (Lipinski definition) is 1. The van der Waals surface area contributed by atoms with Gasteiger partial charge in [-0.25, -0.2) is 0 Å². The summed E-state index contributed by atoms with van der Waals surface area (Å²) in [4.78, 5) is 6.80. The van der Waals surface area contributed by atoms with Crippen LogP contribution in [0.2, 0.25) is 5.02 Å². The van der Waals surface area contributed by atoms with Gasteiger partial charge < -0.3 is 19.5 Å². The number of anilines is 1. The van der Waals surface area contributed by atoms with Crippen molar-refractivity contribution in [3.8, 4) is 11.4 Å². The lowest BCUT2D eigenvalue weighted by Crippen LogP contribution is -2.29. The third kappa shape index (κ3) is 4.33. The van der Waals surface area contributed by atoms with E-state index >= 15 is 0 Å². The third-order valence-corrected chi connectivity index (χ3v) is 7.47. The molecule has 2 aromatic heterocycles. The van der Waals surface area contributed by atoms with E-state index in [1.807, 2.05) is 54.7 Å². The zero-order chi connectivity index (χ0) is 24.7. The monoisotopic (exact) mass is 566 g/mol. The molecule has 2 atom stereocenters. The van der Waals surface area contributed by atoms with E-state index in [1.54, 1.807) is 7.11 Å². The van der Waals surface area contributed by atoms with Gasteiger partial charge in [0.25, 0.3) is 0 Å². The molecule has 3 heterocycles. The average Bonchev–Trinajstić information content (AvgIpc) is 3.34. The predicted molar refractivity (Wildman–Crippen MR) is 149 cm³/mol. The SMILES string of the molecule is COc1ccc(N2C(=S)NC(c3ccccn3)C2c2cc(C)n(-c3cccc(Br)c3)c2C)cc1Cl. The molecule has 1 saturated heterocycles. The molecule has 0 spiro atoms. The van der Waals surface area contributed by atoms with Crippen LogP contribution in [0.4, 0.5) is 5.69 Å². The van der Waals surface area contributed by atoms with Gasteiger partial charge in [0.2, 0.25) is 0 Å². The van der Waals surface area contributed by atoms with Crippen LogP contribution in [-0.4, -0.2) is 21.8 Å². The molecule has 1 fully saturated rings. The molecular weight excluding hydrogens is 544 g/mol. The predicted octanol–water partition coefficient (Wildman–Crippen LogP) is 7.09. The van der Waals surface area contributed by atoms with Gasteiger partial charge >= 0.3 is 0 Å². The van der Waals surface area contributed by atoms with Crippen LogP contribution in [0, 0.1) is 13.8 Å². The van der Waals surface area contributed by atoms with Crippen molar-refractivity contribution < 1.29 is 4.74 Å². The first-order chi connectivity index (χ1) is 16.9. The van der Waals surface area contributed by atoms with E-state index in [1.165, 1.54) is 0 Å². The third-order valence-electron chi connectivity index (χ3n) is 6.37. The lowest BCUT2D eigenvalue weighted by atomic mass is 9.96. The largest absolute Gasteiger partial charge is 0.495 e. The van der Waals surface area contributed by atoms with Crippen molar-refractivity contribution in [1.29, 1.82) is 0 Å². The first kappa shape index (κ1) is 23.9. The maximum atomic E-state index is 6.52. The Morgan fingerprint density at radius 1 is 1.03 bits per heavy atom. The maximum absolute atomic E-state index is 6.52. The van der Waals surface area contributed by atoms with E-state index in [0.29, 0.717) is 15.9 Å². The van der Waals surface area contributed by atoms with Crippen LogP contribution < -0.4 is 15.0 Å². The molecule has 178 valence electrons. The van der Waals surface area contributed by atoms with Gasteiger partial charge in [-0.15, -0.1) is 0 Å². The molecule has 0 aliphatic carbocycles. The van der Waals surface area contributed by atoms with Crippen LogP contribution >= 0.6 is 39.7 Å². The molecular formula is C27H24BrClN4OS. The first-order valence-electron chi connectivity index (χ1n) is 11.2. The summed E-state index contributed by atoms with van der Waals surface area (Å²) in [6.45, 7) is 4.28. The summed E-state index contributed by atoms with van der Waals surface area (Å²) in [5.74, 6) is 0.624. The second kappa shape index (κ2) is 9.64. The molecule has 1 N–H and O–H groups in total. The minimum absolute atomic E-state index is 0.131.